The van der Waals surface area contributed by atoms with E-state index >= 15 is 0 Å². The van der Waals surface area contributed by atoms with E-state index in [4.69, 9.17) is 0 Å². The fourth-order valence-corrected chi connectivity index (χ4v) is 3.32. The Balaban J connectivity index is 1.57. The maximum Gasteiger partial charge on any atom is 0.272 e. The van der Waals surface area contributed by atoms with Crippen LogP contribution >= 0.6 is 0 Å². The smallest absolute Gasteiger partial charge is 0.272 e. The van der Waals surface area contributed by atoms with Crippen LogP contribution in [0.15, 0.2) is 48.5 Å². The van der Waals surface area contributed by atoms with Crippen LogP contribution in [0.25, 0.3) is 0 Å². The van der Waals surface area contributed by atoms with Gasteiger partial charge in [-0.2, -0.15) is 0 Å². The van der Waals surface area contributed by atoms with Gasteiger partial charge < -0.3 is 15.1 Å². The molecule has 0 saturated carbocycles. The highest BCUT2D eigenvalue weighted by molar-refractivity contribution is 5.96. The summed E-state index contributed by atoms with van der Waals surface area (Å²) in [4.78, 5) is 33.5. The lowest BCUT2D eigenvalue weighted by Gasteiger charge is -2.36. The van der Waals surface area contributed by atoms with Crippen molar-refractivity contribution in [3.8, 4) is 0 Å². The normalized spacial score (nSPS) is 14.0. The van der Waals surface area contributed by atoms with Gasteiger partial charge in [-0.3, -0.25) is 9.59 Å². The van der Waals surface area contributed by atoms with Gasteiger partial charge in [0.15, 0.2) is 0 Å². The molecule has 0 radical (unpaired) electrons. The number of nitrogens with zero attached hydrogens (tertiary/aromatic N) is 3. The first kappa shape index (κ1) is 19.9. The molecule has 6 nitrogen and oxygen atoms in total. The number of rotatable bonds is 7. The van der Waals surface area contributed by atoms with Crippen LogP contribution in [0.1, 0.15) is 47.2 Å². The number of anilines is 1. The molecule has 0 atom stereocenters. The van der Waals surface area contributed by atoms with Gasteiger partial charge in [0.2, 0.25) is 0 Å². The Morgan fingerprint density at radius 3 is 2.36 bits per heavy atom. The zero-order valence-corrected chi connectivity index (χ0v) is 16.4. The highest BCUT2D eigenvalue weighted by Crippen LogP contribution is 2.16. The maximum absolute atomic E-state index is 12.8. The van der Waals surface area contributed by atoms with Crippen LogP contribution in [-0.2, 0) is 0 Å². The molecule has 1 aromatic heterocycles. The van der Waals surface area contributed by atoms with E-state index in [0.717, 1.165) is 32.4 Å². The summed E-state index contributed by atoms with van der Waals surface area (Å²) >= 11 is 0. The fraction of sp³-hybridized carbons (Fsp3) is 0.409. The van der Waals surface area contributed by atoms with E-state index in [-0.39, 0.29) is 11.8 Å². The molecule has 2 heterocycles. The second kappa shape index (κ2) is 9.88. The van der Waals surface area contributed by atoms with E-state index in [0.29, 0.717) is 31.0 Å². The number of amides is 2. The molecule has 6 heteroatoms. The van der Waals surface area contributed by atoms with Crippen LogP contribution in [0.5, 0.6) is 0 Å². The summed E-state index contributed by atoms with van der Waals surface area (Å²) in [6, 6.07) is 15.3. The third-order valence-corrected chi connectivity index (χ3v) is 4.95. The molecule has 3 rings (SSSR count). The van der Waals surface area contributed by atoms with Gasteiger partial charge in [-0.15, -0.1) is 0 Å². The number of nitrogens with one attached hydrogen (secondary N) is 1. The Morgan fingerprint density at radius 2 is 1.64 bits per heavy atom. The number of benzene rings is 1. The lowest BCUT2D eigenvalue weighted by molar-refractivity contribution is 0.0740. The summed E-state index contributed by atoms with van der Waals surface area (Å²) in [5.74, 6) is -0.340. The van der Waals surface area contributed by atoms with E-state index in [1.54, 1.807) is 18.2 Å². The van der Waals surface area contributed by atoms with Gasteiger partial charge in [0.05, 0.1) is 0 Å². The van der Waals surface area contributed by atoms with Gasteiger partial charge in [-0.05, 0) is 30.7 Å². The van der Waals surface area contributed by atoms with Crippen molar-refractivity contribution in [3.05, 3.63) is 59.9 Å². The number of pyridine rings is 1. The van der Waals surface area contributed by atoms with E-state index in [9.17, 15) is 9.59 Å². The minimum absolute atomic E-state index is 0.117. The molecule has 0 bridgehead atoms. The topological polar surface area (TPSA) is 65.5 Å². The molecule has 0 spiro atoms. The number of para-hydroxylation sites is 1. The van der Waals surface area contributed by atoms with Crippen LogP contribution in [0.2, 0.25) is 0 Å². The average molecular weight is 380 g/mol. The van der Waals surface area contributed by atoms with Gasteiger partial charge in [-0.25, -0.2) is 4.98 Å². The van der Waals surface area contributed by atoms with Gasteiger partial charge >= 0.3 is 0 Å². The molecule has 1 aliphatic rings. The molecule has 1 aliphatic heterocycles. The molecule has 2 aromatic rings. The number of aromatic nitrogens is 1. The fourth-order valence-electron chi connectivity index (χ4n) is 3.32. The third kappa shape index (κ3) is 5.09. The van der Waals surface area contributed by atoms with Crippen molar-refractivity contribution in [2.45, 2.75) is 26.2 Å². The van der Waals surface area contributed by atoms with E-state index in [2.05, 4.69) is 34.3 Å². The van der Waals surface area contributed by atoms with Crippen molar-refractivity contribution in [1.29, 1.82) is 0 Å². The van der Waals surface area contributed by atoms with Crippen molar-refractivity contribution in [1.82, 2.24) is 15.2 Å². The average Bonchev–Trinajstić information content (AvgIpc) is 2.77. The minimum Gasteiger partial charge on any atom is -0.368 e. The Bertz CT molecular complexity index is 786. The van der Waals surface area contributed by atoms with Crippen molar-refractivity contribution in [2.75, 3.05) is 37.6 Å². The first-order valence-corrected chi connectivity index (χ1v) is 10.0. The molecule has 1 fully saturated rings. The van der Waals surface area contributed by atoms with Gasteiger partial charge in [-0.1, -0.05) is 44.0 Å². The standard InChI is InChI=1S/C22H28N4O2/c1-2-3-7-13-23-21(27)19-11-8-12-20(24-19)22(28)26-16-14-25(15-17-26)18-9-5-4-6-10-18/h4-6,8-12H,2-3,7,13-17H2,1H3,(H,23,27). The summed E-state index contributed by atoms with van der Waals surface area (Å²) < 4.78 is 0. The number of carbonyl (C=O) groups excluding carboxylic acids is 2. The summed E-state index contributed by atoms with van der Waals surface area (Å²) in [7, 11) is 0. The molecule has 28 heavy (non-hydrogen) atoms. The summed E-state index contributed by atoms with van der Waals surface area (Å²) in [6.07, 6.45) is 3.14. The lowest BCUT2D eigenvalue weighted by atomic mass is 10.2. The number of unbranched alkanes of at least 4 members (excludes halogenated alkanes) is 2. The van der Waals surface area contributed by atoms with Crippen LogP contribution in [0.4, 0.5) is 5.69 Å². The van der Waals surface area contributed by atoms with Crippen LogP contribution in [-0.4, -0.2) is 54.4 Å². The molecule has 0 aliphatic carbocycles. The molecule has 1 saturated heterocycles. The first-order chi connectivity index (χ1) is 13.7. The zero-order valence-electron chi connectivity index (χ0n) is 16.4. The van der Waals surface area contributed by atoms with Gasteiger partial charge in [0.25, 0.3) is 11.8 Å². The Morgan fingerprint density at radius 1 is 0.929 bits per heavy atom. The second-order valence-electron chi connectivity index (χ2n) is 6.99. The van der Waals surface area contributed by atoms with Crippen LogP contribution in [0, 0.1) is 0 Å². The quantitative estimate of drug-likeness (QED) is 0.750. The van der Waals surface area contributed by atoms with Gasteiger partial charge in [0.1, 0.15) is 11.4 Å². The second-order valence-corrected chi connectivity index (χ2v) is 6.99. The van der Waals surface area contributed by atoms with Crippen molar-refractivity contribution < 1.29 is 9.59 Å². The molecule has 1 N–H and O–H groups in total. The summed E-state index contributed by atoms with van der Waals surface area (Å²) in [5, 5.41) is 2.87. The molecular formula is C22H28N4O2. The molecule has 0 unspecified atom stereocenters. The highest BCUT2D eigenvalue weighted by atomic mass is 16.2. The maximum atomic E-state index is 12.8. The first-order valence-electron chi connectivity index (χ1n) is 10.0. The van der Waals surface area contributed by atoms with Crippen LogP contribution in [0.3, 0.4) is 0 Å². The van der Waals surface area contributed by atoms with Gasteiger partial charge in [0, 0.05) is 38.4 Å². The Kier molecular flexibility index (Phi) is 7.00. The Hall–Kier alpha value is -2.89. The number of hydrogen-bond acceptors (Lipinski definition) is 4. The van der Waals surface area contributed by atoms with Crippen LogP contribution < -0.4 is 10.2 Å². The Labute approximate surface area is 166 Å². The van der Waals surface area contributed by atoms with Crippen molar-refractivity contribution in [2.24, 2.45) is 0 Å². The SMILES string of the molecule is CCCCCNC(=O)c1cccc(C(=O)N2CCN(c3ccccc3)CC2)n1. The van der Waals surface area contributed by atoms with Crippen molar-refractivity contribution in [3.63, 3.8) is 0 Å². The highest BCUT2D eigenvalue weighted by Gasteiger charge is 2.23. The zero-order chi connectivity index (χ0) is 19.8. The molecule has 148 valence electrons. The largest absolute Gasteiger partial charge is 0.368 e. The van der Waals surface area contributed by atoms with E-state index in [1.807, 2.05) is 23.1 Å². The monoisotopic (exact) mass is 380 g/mol. The van der Waals surface area contributed by atoms with E-state index < -0.39 is 0 Å². The summed E-state index contributed by atoms with van der Waals surface area (Å²) in [5.41, 5.74) is 1.80. The third-order valence-electron chi connectivity index (χ3n) is 4.95. The molecular weight excluding hydrogens is 352 g/mol. The minimum atomic E-state index is -0.223. The molecule has 1 aromatic carbocycles. The predicted octanol–water partition coefficient (Wildman–Crippen LogP) is 2.96. The molecule has 2 amide bonds. The number of carbonyl (C=O) groups is 2. The lowest BCUT2D eigenvalue weighted by Crippen LogP contribution is -2.49. The number of hydrogen-bond donors (Lipinski definition) is 1. The summed E-state index contributed by atoms with van der Waals surface area (Å²) in [6.45, 7) is 5.61. The predicted molar refractivity (Wildman–Crippen MR) is 111 cm³/mol. The number of piperazine rings is 1. The van der Waals surface area contributed by atoms with Crippen molar-refractivity contribution >= 4 is 17.5 Å². The van der Waals surface area contributed by atoms with E-state index in [1.165, 1.54) is 5.69 Å².